The lowest BCUT2D eigenvalue weighted by atomic mass is 10.1. The monoisotopic (exact) mass is 282 g/mol. The number of hydrogen-bond acceptors (Lipinski definition) is 3. The Morgan fingerprint density at radius 1 is 1.05 bits per heavy atom. The van der Waals surface area contributed by atoms with Gasteiger partial charge in [0.15, 0.2) is 6.73 Å². The number of nitrogens with zero attached hydrogens (tertiary/aromatic N) is 3. The average molecular weight is 282 g/mol. The zero-order chi connectivity index (χ0) is 14.8. The summed E-state index contributed by atoms with van der Waals surface area (Å²) < 4.78 is 5.24. The first-order valence-electron chi connectivity index (χ1n) is 6.90. The van der Waals surface area contributed by atoms with Crippen LogP contribution in [0.5, 0.6) is 5.75 Å². The van der Waals surface area contributed by atoms with Crippen LogP contribution in [0.15, 0.2) is 59.7 Å². The number of azide groups is 1. The molecule has 0 amide bonds. The van der Waals surface area contributed by atoms with Crippen molar-refractivity contribution in [1.29, 1.82) is 0 Å². The molecule has 0 saturated carbocycles. The molecule has 108 valence electrons. The van der Waals surface area contributed by atoms with Gasteiger partial charge in [0.2, 0.25) is 0 Å². The van der Waals surface area contributed by atoms with Gasteiger partial charge in [0.1, 0.15) is 5.75 Å². The highest BCUT2D eigenvalue weighted by atomic mass is 16.5. The molecule has 2 aromatic rings. The van der Waals surface area contributed by atoms with Gasteiger partial charge in [-0.2, -0.15) is 0 Å². The van der Waals surface area contributed by atoms with Gasteiger partial charge in [0.05, 0.1) is 0 Å². The van der Waals surface area contributed by atoms with E-state index in [4.69, 9.17) is 10.3 Å². The Bertz CT molecular complexity index is 577. The van der Waals surface area contributed by atoms with Crippen molar-refractivity contribution >= 4 is 5.69 Å². The van der Waals surface area contributed by atoms with Crippen molar-refractivity contribution in [2.24, 2.45) is 5.11 Å². The molecule has 0 heterocycles. The molecule has 2 rings (SSSR count). The van der Waals surface area contributed by atoms with E-state index in [1.807, 2.05) is 30.3 Å². The van der Waals surface area contributed by atoms with Crippen LogP contribution in [-0.2, 0) is 6.42 Å². The molecule has 0 saturated heterocycles. The minimum Gasteiger partial charge on any atom is -0.488 e. The molecule has 0 atom stereocenters. The van der Waals surface area contributed by atoms with E-state index in [9.17, 15) is 0 Å². The van der Waals surface area contributed by atoms with Crippen molar-refractivity contribution in [2.45, 2.75) is 12.8 Å². The van der Waals surface area contributed by atoms with Gasteiger partial charge in [-0.05, 0) is 48.2 Å². The lowest BCUT2D eigenvalue weighted by Crippen LogP contribution is -2.03. The van der Waals surface area contributed by atoms with Gasteiger partial charge in [0, 0.05) is 17.1 Å². The summed E-state index contributed by atoms with van der Waals surface area (Å²) in [6.45, 7) is 0.939. The molecular formula is C16H18N4O. The van der Waals surface area contributed by atoms with E-state index < -0.39 is 0 Å². The summed E-state index contributed by atoms with van der Waals surface area (Å²) in [5, 5.41) is 6.69. The summed E-state index contributed by atoms with van der Waals surface area (Å²) >= 11 is 0. The van der Waals surface area contributed by atoms with Gasteiger partial charge >= 0.3 is 0 Å². The van der Waals surface area contributed by atoms with Crippen LogP contribution in [0.2, 0.25) is 0 Å². The summed E-state index contributed by atoms with van der Waals surface area (Å²) in [7, 11) is 0. The first-order chi connectivity index (χ1) is 10.4. The van der Waals surface area contributed by atoms with Gasteiger partial charge < -0.3 is 10.1 Å². The van der Waals surface area contributed by atoms with E-state index in [-0.39, 0.29) is 6.73 Å². The number of hydrogen-bond donors (Lipinski definition) is 1. The molecule has 0 aliphatic carbocycles. The van der Waals surface area contributed by atoms with Gasteiger partial charge in [-0.15, -0.1) is 0 Å². The molecular weight excluding hydrogens is 264 g/mol. The lowest BCUT2D eigenvalue weighted by Gasteiger charge is -2.08. The fourth-order valence-corrected chi connectivity index (χ4v) is 1.97. The topological polar surface area (TPSA) is 70.0 Å². The summed E-state index contributed by atoms with van der Waals surface area (Å²) in [6, 6.07) is 18.1. The van der Waals surface area contributed by atoms with Gasteiger partial charge in [-0.25, -0.2) is 0 Å². The maximum Gasteiger partial charge on any atom is 0.167 e. The van der Waals surface area contributed by atoms with Crippen LogP contribution in [-0.4, -0.2) is 13.3 Å². The second-order valence-corrected chi connectivity index (χ2v) is 4.54. The van der Waals surface area contributed by atoms with Crippen LogP contribution in [0.3, 0.4) is 0 Å². The predicted molar refractivity (Wildman–Crippen MR) is 84.3 cm³/mol. The second kappa shape index (κ2) is 8.51. The normalized spacial score (nSPS) is 9.71. The van der Waals surface area contributed by atoms with Gasteiger partial charge in [-0.1, -0.05) is 35.4 Å². The van der Waals surface area contributed by atoms with Crippen molar-refractivity contribution in [3.63, 3.8) is 0 Å². The third-order valence-electron chi connectivity index (χ3n) is 3.02. The first kappa shape index (κ1) is 14.8. The molecule has 0 aliphatic rings. The molecule has 0 bridgehead atoms. The van der Waals surface area contributed by atoms with Crippen molar-refractivity contribution in [3.8, 4) is 5.75 Å². The quantitative estimate of drug-likeness (QED) is 0.338. The van der Waals surface area contributed by atoms with Crippen molar-refractivity contribution < 1.29 is 4.74 Å². The Kier molecular flexibility index (Phi) is 5.98. The predicted octanol–water partition coefficient (Wildman–Crippen LogP) is 4.38. The Hall–Kier alpha value is -2.65. The van der Waals surface area contributed by atoms with E-state index in [0.29, 0.717) is 5.75 Å². The van der Waals surface area contributed by atoms with Crippen molar-refractivity contribution in [2.75, 3.05) is 18.6 Å². The van der Waals surface area contributed by atoms with Gasteiger partial charge in [0.25, 0.3) is 0 Å². The lowest BCUT2D eigenvalue weighted by molar-refractivity contribution is 0.329. The van der Waals surface area contributed by atoms with Crippen LogP contribution in [0.1, 0.15) is 12.0 Å². The van der Waals surface area contributed by atoms with Crippen LogP contribution in [0.4, 0.5) is 5.69 Å². The molecule has 21 heavy (non-hydrogen) atoms. The fourth-order valence-electron chi connectivity index (χ4n) is 1.97. The van der Waals surface area contributed by atoms with Crippen LogP contribution in [0, 0.1) is 0 Å². The number of ether oxygens (including phenoxy) is 1. The minimum absolute atomic E-state index is 0.0142. The van der Waals surface area contributed by atoms with Crippen molar-refractivity contribution in [1.82, 2.24) is 0 Å². The van der Waals surface area contributed by atoms with E-state index in [1.54, 1.807) is 0 Å². The molecule has 0 unspecified atom stereocenters. The third-order valence-corrected chi connectivity index (χ3v) is 3.02. The Labute approximate surface area is 124 Å². The van der Waals surface area contributed by atoms with Crippen LogP contribution < -0.4 is 10.1 Å². The molecule has 5 heteroatoms. The second-order valence-electron chi connectivity index (χ2n) is 4.54. The summed E-state index contributed by atoms with van der Waals surface area (Å²) in [6.07, 6.45) is 2.15. The zero-order valence-electron chi connectivity index (χ0n) is 11.8. The smallest absolute Gasteiger partial charge is 0.167 e. The number of nitrogens with one attached hydrogen (secondary N) is 1. The maximum absolute atomic E-state index is 8.16. The molecule has 0 spiro atoms. The van der Waals surface area contributed by atoms with Crippen molar-refractivity contribution in [3.05, 3.63) is 70.6 Å². The largest absolute Gasteiger partial charge is 0.488 e. The van der Waals surface area contributed by atoms with E-state index in [1.165, 1.54) is 5.56 Å². The summed E-state index contributed by atoms with van der Waals surface area (Å²) in [4.78, 5) is 2.63. The molecule has 0 fully saturated rings. The Morgan fingerprint density at radius 3 is 2.52 bits per heavy atom. The standard InChI is InChI=1S/C16H18N4O/c17-20-19-13-21-16-10-8-15(9-11-16)18-12-4-7-14-5-2-1-3-6-14/h1-3,5-6,8-11,18H,4,7,12-13H2. The molecule has 1 N–H and O–H groups in total. The highest BCUT2D eigenvalue weighted by Gasteiger charge is 1.96. The number of benzene rings is 2. The highest BCUT2D eigenvalue weighted by Crippen LogP contribution is 2.15. The molecule has 0 aliphatic heterocycles. The maximum atomic E-state index is 8.16. The SMILES string of the molecule is [N-]=[N+]=NCOc1ccc(NCCCc2ccccc2)cc1. The molecule has 0 radical (unpaired) electrons. The number of anilines is 1. The number of aryl methyl sites for hydroxylation is 1. The summed E-state index contributed by atoms with van der Waals surface area (Å²) in [5.74, 6) is 0.692. The van der Waals surface area contributed by atoms with E-state index >= 15 is 0 Å². The summed E-state index contributed by atoms with van der Waals surface area (Å²) in [5.41, 5.74) is 10.6. The highest BCUT2D eigenvalue weighted by molar-refractivity contribution is 5.46. The molecule has 2 aromatic carbocycles. The van der Waals surface area contributed by atoms with Crippen LogP contribution >= 0.6 is 0 Å². The Balaban J connectivity index is 1.70. The third kappa shape index (κ3) is 5.47. The minimum atomic E-state index is 0.0142. The Morgan fingerprint density at radius 2 is 1.81 bits per heavy atom. The van der Waals surface area contributed by atoms with Gasteiger partial charge in [-0.3, -0.25) is 0 Å². The number of rotatable bonds is 8. The fraction of sp³-hybridized carbons (Fsp3) is 0.250. The van der Waals surface area contributed by atoms with E-state index in [2.05, 4.69) is 39.6 Å². The first-order valence-corrected chi connectivity index (χ1v) is 6.90. The van der Waals surface area contributed by atoms with Crippen LogP contribution in [0.25, 0.3) is 10.4 Å². The zero-order valence-corrected chi connectivity index (χ0v) is 11.8. The average Bonchev–Trinajstić information content (AvgIpc) is 2.54. The molecule has 5 nitrogen and oxygen atoms in total. The van der Waals surface area contributed by atoms with E-state index in [0.717, 1.165) is 25.1 Å². The molecule has 0 aromatic heterocycles.